The van der Waals surface area contributed by atoms with E-state index in [-0.39, 0.29) is 29.9 Å². The van der Waals surface area contributed by atoms with Gasteiger partial charge in [-0.05, 0) is 48.8 Å². The van der Waals surface area contributed by atoms with Gasteiger partial charge >= 0.3 is 0 Å². The molecule has 0 aliphatic heterocycles. The number of carbonyl (C=O) groups is 1. The minimum Gasteiger partial charge on any atom is -0.356 e. The van der Waals surface area contributed by atoms with E-state index in [2.05, 4.69) is 37.6 Å². The molecule has 0 spiro atoms. The third-order valence-electron chi connectivity index (χ3n) is 3.24. The average Bonchev–Trinajstić information content (AvgIpc) is 2.84. The lowest BCUT2D eigenvalue weighted by atomic mass is 9.92. The van der Waals surface area contributed by atoms with Gasteiger partial charge in [0.2, 0.25) is 5.91 Å². The molecule has 0 aliphatic carbocycles. The predicted octanol–water partition coefficient (Wildman–Crippen LogP) is 3.30. The van der Waals surface area contributed by atoms with Crippen molar-refractivity contribution in [2.45, 2.75) is 27.3 Å². The van der Waals surface area contributed by atoms with Gasteiger partial charge < -0.3 is 15.5 Å². The van der Waals surface area contributed by atoms with Crippen molar-refractivity contribution in [3.63, 3.8) is 0 Å². The fourth-order valence-corrected chi connectivity index (χ4v) is 3.45. The largest absolute Gasteiger partial charge is 0.356 e. The van der Waals surface area contributed by atoms with E-state index in [1.165, 1.54) is 4.88 Å². The number of hydrogen-bond acceptors (Lipinski definition) is 3. The highest BCUT2D eigenvalue weighted by Crippen LogP contribution is 2.23. The average molecular weight is 517 g/mol. The fraction of sp³-hybridized carbons (Fsp3) is 0.600. The number of guanidine groups is 1. The molecule has 1 rings (SSSR count). The molecule has 0 atom stereocenters. The normalized spacial score (nSPS) is 11.7. The summed E-state index contributed by atoms with van der Waals surface area (Å²) in [5, 5.41) is 6.15. The van der Waals surface area contributed by atoms with Gasteiger partial charge in [0.15, 0.2) is 5.96 Å². The summed E-state index contributed by atoms with van der Waals surface area (Å²) in [6.45, 7) is 7.72. The molecule has 0 unspecified atom stereocenters. The van der Waals surface area contributed by atoms with Gasteiger partial charge in [-0.1, -0.05) is 0 Å². The van der Waals surface area contributed by atoms with Gasteiger partial charge in [-0.15, -0.1) is 35.3 Å². The van der Waals surface area contributed by atoms with Crippen LogP contribution in [0, 0.1) is 5.41 Å². The first-order valence-corrected chi connectivity index (χ1v) is 8.85. The summed E-state index contributed by atoms with van der Waals surface area (Å²) < 4.78 is 1.12. The molecule has 1 heterocycles. The lowest BCUT2D eigenvalue weighted by Gasteiger charge is -2.27. The van der Waals surface area contributed by atoms with Gasteiger partial charge in [0, 0.05) is 32.1 Å². The number of rotatable bonds is 6. The number of amides is 1. The number of aliphatic imine (C=N–C) groups is 1. The minimum absolute atomic E-state index is 0. The molecule has 0 saturated carbocycles. The Balaban J connectivity index is 0.00000484. The Labute approximate surface area is 168 Å². The van der Waals surface area contributed by atoms with Crippen LogP contribution in [0.4, 0.5) is 0 Å². The highest BCUT2D eigenvalue weighted by atomic mass is 127. The summed E-state index contributed by atoms with van der Waals surface area (Å²) >= 11 is 5.18. The van der Waals surface area contributed by atoms with Crippen molar-refractivity contribution in [3.8, 4) is 0 Å². The topological polar surface area (TPSA) is 56.7 Å². The second-order valence-electron chi connectivity index (χ2n) is 5.71. The quantitative estimate of drug-likeness (QED) is 0.346. The Morgan fingerprint density at radius 3 is 2.52 bits per heavy atom. The van der Waals surface area contributed by atoms with E-state index < -0.39 is 5.41 Å². The molecule has 0 aromatic carbocycles. The first-order valence-electron chi connectivity index (χ1n) is 7.24. The summed E-state index contributed by atoms with van der Waals surface area (Å²) in [7, 11) is 3.74. The van der Waals surface area contributed by atoms with E-state index in [4.69, 9.17) is 0 Å². The first-order chi connectivity index (χ1) is 10.3. The number of thiophene rings is 1. The van der Waals surface area contributed by atoms with Crippen molar-refractivity contribution in [2.24, 2.45) is 10.4 Å². The molecule has 1 amide bonds. The molecule has 0 aliphatic rings. The Hall–Kier alpha value is -0.350. The number of nitrogens with zero attached hydrogens (tertiary/aromatic N) is 2. The van der Waals surface area contributed by atoms with Crippen LogP contribution >= 0.6 is 51.2 Å². The summed E-state index contributed by atoms with van der Waals surface area (Å²) in [5.74, 6) is 0.824. The standard InChI is InChI=1S/C15H25BrN4OS.HI/c1-6-18-13(21)15(2,3)10-19-14(17-4)20(5)9-11-7-8-12(16)22-11;/h7-8H,6,9-10H2,1-5H3,(H,17,19)(H,18,21);1H. The van der Waals surface area contributed by atoms with Crippen LogP contribution in [0.5, 0.6) is 0 Å². The molecule has 132 valence electrons. The molecular formula is C15H26BrIN4OS. The Morgan fingerprint density at radius 1 is 1.39 bits per heavy atom. The van der Waals surface area contributed by atoms with Gasteiger partial charge in [-0.3, -0.25) is 9.79 Å². The zero-order valence-electron chi connectivity index (χ0n) is 14.3. The number of hydrogen-bond donors (Lipinski definition) is 2. The summed E-state index contributed by atoms with van der Waals surface area (Å²) in [6.07, 6.45) is 0. The highest BCUT2D eigenvalue weighted by molar-refractivity contribution is 14.0. The van der Waals surface area contributed by atoms with Crippen molar-refractivity contribution >= 4 is 63.1 Å². The van der Waals surface area contributed by atoms with E-state index in [1.54, 1.807) is 18.4 Å². The predicted molar refractivity (Wildman–Crippen MR) is 113 cm³/mol. The SMILES string of the molecule is CCNC(=O)C(C)(C)CNC(=NC)N(C)Cc1ccc(Br)s1.I. The van der Waals surface area contributed by atoms with E-state index in [0.717, 1.165) is 16.3 Å². The van der Waals surface area contributed by atoms with Crippen molar-refractivity contribution in [1.82, 2.24) is 15.5 Å². The Morgan fingerprint density at radius 2 is 2.04 bits per heavy atom. The second kappa shape index (κ2) is 10.5. The molecule has 8 heteroatoms. The van der Waals surface area contributed by atoms with Gasteiger partial charge in [0.1, 0.15) is 0 Å². The van der Waals surface area contributed by atoms with Gasteiger partial charge in [0.25, 0.3) is 0 Å². The van der Waals surface area contributed by atoms with Gasteiger partial charge in [-0.25, -0.2) is 0 Å². The van der Waals surface area contributed by atoms with E-state index in [0.29, 0.717) is 13.1 Å². The van der Waals surface area contributed by atoms with Crippen LogP contribution < -0.4 is 10.6 Å². The lowest BCUT2D eigenvalue weighted by Crippen LogP contribution is -2.48. The van der Waals surface area contributed by atoms with Crippen molar-refractivity contribution < 1.29 is 4.79 Å². The molecule has 1 aromatic heterocycles. The van der Waals surface area contributed by atoms with Crippen molar-refractivity contribution in [3.05, 3.63) is 20.8 Å². The lowest BCUT2D eigenvalue weighted by molar-refractivity contribution is -0.128. The number of nitrogens with one attached hydrogen (secondary N) is 2. The number of carbonyl (C=O) groups excluding carboxylic acids is 1. The van der Waals surface area contributed by atoms with Crippen LogP contribution in [0.3, 0.4) is 0 Å². The molecular weight excluding hydrogens is 491 g/mol. The summed E-state index contributed by atoms with van der Waals surface area (Å²) in [5.41, 5.74) is -0.487. The highest BCUT2D eigenvalue weighted by Gasteiger charge is 2.27. The molecule has 0 saturated heterocycles. The second-order valence-corrected chi connectivity index (χ2v) is 8.25. The maximum Gasteiger partial charge on any atom is 0.227 e. The maximum atomic E-state index is 12.0. The Bertz CT molecular complexity index is 533. The zero-order chi connectivity index (χ0) is 16.8. The smallest absolute Gasteiger partial charge is 0.227 e. The molecule has 0 radical (unpaired) electrons. The number of halogens is 2. The van der Waals surface area contributed by atoms with Crippen LogP contribution in [0.1, 0.15) is 25.6 Å². The van der Waals surface area contributed by atoms with Gasteiger partial charge in [-0.2, -0.15) is 0 Å². The third kappa shape index (κ3) is 7.38. The van der Waals surface area contributed by atoms with Crippen molar-refractivity contribution in [1.29, 1.82) is 0 Å². The maximum absolute atomic E-state index is 12.0. The first kappa shape index (κ1) is 22.6. The van der Waals surface area contributed by atoms with E-state index in [1.807, 2.05) is 38.8 Å². The van der Waals surface area contributed by atoms with Crippen LogP contribution in [-0.2, 0) is 11.3 Å². The zero-order valence-corrected chi connectivity index (χ0v) is 19.0. The van der Waals surface area contributed by atoms with Crippen LogP contribution in [-0.4, -0.2) is 44.0 Å². The van der Waals surface area contributed by atoms with Crippen molar-refractivity contribution in [2.75, 3.05) is 27.2 Å². The van der Waals surface area contributed by atoms with Crippen LogP contribution in [0.2, 0.25) is 0 Å². The monoisotopic (exact) mass is 516 g/mol. The molecule has 5 nitrogen and oxygen atoms in total. The van der Waals surface area contributed by atoms with E-state index >= 15 is 0 Å². The summed E-state index contributed by atoms with van der Waals surface area (Å²) in [4.78, 5) is 19.6. The summed E-state index contributed by atoms with van der Waals surface area (Å²) in [6, 6.07) is 4.14. The third-order valence-corrected chi connectivity index (χ3v) is 4.84. The fourth-order valence-electron chi connectivity index (χ4n) is 1.91. The Kier molecular flexibility index (Phi) is 10.3. The molecule has 1 aromatic rings. The van der Waals surface area contributed by atoms with E-state index in [9.17, 15) is 4.79 Å². The van der Waals surface area contributed by atoms with Crippen LogP contribution in [0.15, 0.2) is 20.9 Å². The minimum atomic E-state index is -0.487. The molecule has 23 heavy (non-hydrogen) atoms. The molecule has 0 bridgehead atoms. The van der Waals surface area contributed by atoms with Crippen LogP contribution in [0.25, 0.3) is 0 Å². The van der Waals surface area contributed by atoms with Gasteiger partial charge in [0.05, 0.1) is 15.7 Å². The molecule has 0 fully saturated rings. The molecule has 2 N–H and O–H groups in total.